The van der Waals surface area contributed by atoms with E-state index in [0.29, 0.717) is 29.0 Å². The van der Waals surface area contributed by atoms with Gasteiger partial charge in [-0.25, -0.2) is 8.42 Å². The summed E-state index contributed by atoms with van der Waals surface area (Å²) in [6.07, 6.45) is 1.88. The van der Waals surface area contributed by atoms with Crippen LogP contribution in [-0.4, -0.2) is 25.8 Å². The van der Waals surface area contributed by atoms with Gasteiger partial charge in [-0.2, -0.15) is 4.31 Å². The summed E-state index contributed by atoms with van der Waals surface area (Å²) in [6, 6.07) is 5.22. The topological polar surface area (TPSA) is 63.4 Å². The summed E-state index contributed by atoms with van der Waals surface area (Å²) in [6.45, 7) is 1.57. The number of rotatable bonds is 3. The molecule has 0 radical (unpaired) electrons. The highest BCUT2D eigenvalue weighted by Crippen LogP contribution is 2.28. The molecule has 0 spiro atoms. The normalized spacial score (nSPS) is 17.5. The van der Waals surface area contributed by atoms with Gasteiger partial charge in [-0.1, -0.05) is 6.07 Å². The highest BCUT2D eigenvalue weighted by molar-refractivity contribution is 9.10. The van der Waals surface area contributed by atoms with E-state index in [4.69, 9.17) is 5.73 Å². The van der Waals surface area contributed by atoms with Gasteiger partial charge in [-0.3, -0.25) is 0 Å². The molecule has 2 N–H and O–H groups in total. The monoisotopic (exact) mass is 318 g/mol. The van der Waals surface area contributed by atoms with Gasteiger partial charge in [0.25, 0.3) is 0 Å². The summed E-state index contributed by atoms with van der Waals surface area (Å²) in [4.78, 5) is 0.322. The third-order valence-corrected chi connectivity index (χ3v) is 5.81. The smallest absolute Gasteiger partial charge is 0.244 e. The molecule has 1 saturated heterocycles. The quantitative estimate of drug-likeness (QED) is 0.922. The highest BCUT2D eigenvalue weighted by Gasteiger charge is 2.28. The molecule has 0 unspecified atom stereocenters. The third kappa shape index (κ3) is 2.54. The van der Waals surface area contributed by atoms with Gasteiger partial charge in [0.15, 0.2) is 0 Å². The molecule has 2 rings (SSSR count). The van der Waals surface area contributed by atoms with Crippen molar-refractivity contribution >= 4 is 26.0 Å². The lowest BCUT2D eigenvalue weighted by molar-refractivity contribution is 0.477. The van der Waals surface area contributed by atoms with E-state index in [1.165, 1.54) is 4.31 Å². The van der Waals surface area contributed by atoms with E-state index < -0.39 is 10.0 Å². The van der Waals surface area contributed by atoms with Crippen molar-refractivity contribution in [3.8, 4) is 0 Å². The fourth-order valence-corrected chi connectivity index (χ4v) is 4.43. The molecule has 0 amide bonds. The van der Waals surface area contributed by atoms with Gasteiger partial charge in [0.05, 0.1) is 4.90 Å². The molecule has 0 aromatic heterocycles. The van der Waals surface area contributed by atoms with E-state index in [2.05, 4.69) is 15.9 Å². The molecule has 1 aliphatic rings. The Morgan fingerprint density at radius 2 is 1.94 bits per heavy atom. The van der Waals surface area contributed by atoms with E-state index in [1.807, 2.05) is 6.07 Å². The fourth-order valence-electron chi connectivity index (χ4n) is 1.94. The van der Waals surface area contributed by atoms with Crippen LogP contribution in [0.15, 0.2) is 27.6 Å². The van der Waals surface area contributed by atoms with E-state index in [1.54, 1.807) is 12.1 Å². The van der Waals surface area contributed by atoms with Crippen molar-refractivity contribution in [2.45, 2.75) is 24.3 Å². The largest absolute Gasteiger partial charge is 0.326 e. The van der Waals surface area contributed by atoms with Gasteiger partial charge in [0.2, 0.25) is 10.0 Å². The molecule has 4 nitrogen and oxygen atoms in total. The van der Waals surface area contributed by atoms with Crippen molar-refractivity contribution in [3.63, 3.8) is 0 Å². The molecule has 0 saturated carbocycles. The Bertz CT molecular complexity index is 510. The van der Waals surface area contributed by atoms with Gasteiger partial charge < -0.3 is 5.73 Å². The Labute approximate surface area is 110 Å². The zero-order chi connectivity index (χ0) is 12.5. The lowest BCUT2D eigenvalue weighted by Gasteiger charge is -2.17. The first-order valence-electron chi connectivity index (χ1n) is 5.54. The van der Waals surface area contributed by atoms with Crippen LogP contribution in [0, 0.1) is 0 Å². The Morgan fingerprint density at radius 3 is 2.53 bits per heavy atom. The van der Waals surface area contributed by atoms with Gasteiger partial charge in [-0.15, -0.1) is 0 Å². The standard InChI is InChI=1S/C11H15BrN2O2S/c12-10-4-3-9(8-13)7-11(10)17(15,16)14-5-1-2-6-14/h3-4,7H,1-2,5-6,8,13H2. The molecule has 94 valence electrons. The number of hydrogen-bond acceptors (Lipinski definition) is 3. The lowest BCUT2D eigenvalue weighted by atomic mass is 10.2. The molecular formula is C11H15BrN2O2S. The summed E-state index contributed by atoms with van der Waals surface area (Å²) in [5.41, 5.74) is 6.37. The van der Waals surface area contributed by atoms with Gasteiger partial charge in [0.1, 0.15) is 0 Å². The van der Waals surface area contributed by atoms with Crippen molar-refractivity contribution in [2.24, 2.45) is 5.73 Å². The van der Waals surface area contributed by atoms with Crippen molar-refractivity contribution in [1.29, 1.82) is 0 Å². The second kappa shape index (κ2) is 5.06. The Morgan fingerprint density at radius 1 is 1.29 bits per heavy atom. The second-order valence-corrected chi connectivity index (χ2v) is 6.84. The van der Waals surface area contributed by atoms with Gasteiger partial charge >= 0.3 is 0 Å². The molecule has 1 heterocycles. The SMILES string of the molecule is NCc1ccc(Br)c(S(=O)(=O)N2CCCC2)c1. The Hall–Kier alpha value is -0.430. The minimum Gasteiger partial charge on any atom is -0.326 e. The van der Waals surface area contributed by atoms with Crippen molar-refractivity contribution in [1.82, 2.24) is 4.31 Å². The average Bonchev–Trinajstić information content (AvgIpc) is 2.83. The Kier molecular flexibility index (Phi) is 3.87. The van der Waals surface area contributed by atoms with Crippen LogP contribution in [0.4, 0.5) is 0 Å². The van der Waals surface area contributed by atoms with Crippen LogP contribution in [0.2, 0.25) is 0 Å². The van der Waals surface area contributed by atoms with E-state index in [0.717, 1.165) is 18.4 Å². The van der Waals surface area contributed by atoms with Crippen LogP contribution >= 0.6 is 15.9 Å². The maximum atomic E-state index is 12.4. The summed E-state index contributed by atoms with van der Waals surface area (Å²) in [7, 11) is -3.37. The summed E-state index contributed by atoms with van der Waals surface area (Å²) < 4.78 is 26.9. The lowest BCUT2D eigenvalue weighted by Crippen LogP contribution is -2.28. The average molecular weight is 319 g/mol. The van der Waals surface area contributed by atoms with Crippen LogP contribution in [0.1, 0.15) is 18.4 Å². The van der Waals surface area contributed by atoms with Gasteiger partial charge in [-0.05, 0) is 46.5 Å². The maximum Gasteiger partial charge on any atom is 0.244 e. The minimum absolute atomic E-state index is 0.322. The zero-order valence-corrected chi connectivity index (χ0v) is 11.8. The molecule has 17 heavy (non-hydrogen) atoms. The number of hydrogen-bond donors (Lipinski definition) is 1. The van der Waals surface area contributed by atoms with Crippen LogP contribution in [-0.2, 0) is 16.6 Å². The molecule has 1 aromatic carbocycles. The summed E-state index contributed by atoms with van der Waals surface area (Å²) >= 11 is 3.30. The first-order valence-corrected chi connectivity index (χ1v) is 7.77. The first-order chi connectivity index (χ1) is 8.05. The van der Waals surface area contributed by atoms with Crippen LogP contribution < -0.4 is 5.73 Å². The molecule has 0 atom stereocenters. The van der Waals surface area contributed by atoms with Crippen molar-refractivity contribution in [3.05, 3.63) is 28.2 Å². The Balaban J connectivity index is 2.44. The first kappa shape index (κ1) is 13.0. The van der Waals surface area contributed by atoms with E-state index in [9.17, 15) is 8.42 Å². The molecule has 1 aromatic rings. The number of benzene rings is 1. The molecule has 0 aliphatic carbocycles. The van der Waals surface area contributed by atoms with Crippen LogP contribution in [0.3, 0.4) is 0 Å². The number of nitrogens with zero attached hydrogens (tertiary/aromatic N) is 1. The number of halogens is 1. The summed E-state index contributed by atoms with van der Waals surface area (Å²) in [5.74, 6) is 0. The van der Waals surface area contributed by atoms with Crippen LogP contribution in [0.25, 0.3) is 0 Å². The predicted octanol–water partition coefficient (Wildman–Crippen LogP) is 1.69. The number of sulfonamides is 1. The highest BCUT2D eigenvalue weighted by atomic mass is 79.9. The zero-order valence-electron chi connectivity index (χ0n) is 9.39. The second-order valence-electron chi connectivity index (χ2n) is 4.08. The van der Waals surface area contributed by atoms with E-state index in [-0.39, 0.29) is 0 Å². The van der Waals surface area contributed by atoms with Crippen molar-refractivity contribution in [2.75, 3.05) is 13.1 Å². The fraction of sp³-hybridized carbons (Fsp3) is 0.455. The number of nitrogens with two attached hydrogens (primary N) is 1. The third-order valence-electron chi connectivity index (χ3n) is 2.91. The summed E-state index contributed by atoms with van der Waals surface area (Å²) in [5, 5.41) is 0. The molecular weight excluding hydrogens is 304 g/mol. The van der Waals surface area contributed by atoms with Crippen molar-refractivity contribution < 1.29 is 8.42 Å². The van der Waals surface area contributed by atoms with Gasteiger partial charge in [0, 0.05) is 24.1 Å². The predicted molar refractivity (Wildman–Crippen MR) is 70.0 cm³/mol. The van der Waals surface area contributed by atoms with Crippen LogP contribution in [0.5, 0.6) is 0 Å². The minimum atomic E-state index is -3.37. The molecule has 1 fully saturated rings. The van der Waals surface area contributed by atoms with E-state index >= 15 is 0 Å². The molecule has 1 aliphatic heterocycles. The molecule has 0 bridgehead atoms. The molecule has 6 heteroatoms. The maximum absolute atomic E-state index is 12.4.